The molecule has 1 saturated heterocycles. The van der Waals surface area contributed by atoms with Gasteiger partial charge in [-0.15, -0.1) is 11.3 Å². The molecule has 0 unspecified atom stereocenters. The Balaban J connectivity index is 1.86. The molecule has 0 atom stereocenters. The van der Waals surface area contributed by atoms with Crippen LogP contribution in [0.3, 0.4) is 0 Å². The van der Waals surface area contributed by atoms with E-state index in [2.05, 4.69) is 32.7 Å². The van der Waals surface area contributed by atoms with Gasteiger partial charge in [-0.1, -0.05) is 6.07 Å². The van der Waals surface area contributed by atoms with Crippen LogP contribution < -0.4 is 21.3 Å². The van der Waals surface area contributed by atoms with Crippen molar-refractivity contribution in [2.45, 2.75) is 0 Å². The first-order chi connectivity index (χ1) is 9.78. The summed E-state index contributed by atoms with van der Waals surface area (Å²) in [4.78, 5) is 6.84. The number of nitrogens with two attached hydrogens (primary N) is 1. The SMILES string of the molecule is CNc1nc(-c2ccc(N3CCNCC3)c(N)c2)cs1. The molecular formula is C14H19N5S. The summed E-state index contributed by atoms with van der Waals surface area (Å²) < 4.78 is 0. The summed E-state index contributed by atoms with van der Waals surface area (Å²) in [5.74, 6) is 0. The van der Waals surface area contributed by atoms with Crippen LogP contribution in [-0.4, -0.2) is 38.2 Å². The lowest BCUT2D eigenvalue weighted by Crippen LogP contribution is -2.43. The maximum absolute atomic E-state index is 6.23. The third-order valence-electron chi connectivity index (χ3n) is 3.50. The monoisotopic (exact) mass is 289 g/mol. The minimum absolute atomic E-state index is 0.823. The van der Waals surface area contributed by atoms with Gasteiger partial charge in [-0.3, -0.25) is 0 Å². The zero-order valence-electron chi connectivity index (χ0n) is 11.5. The summed E-state index contributed by atoms with van der Waals surface area (Å²) in [6.45, 7) is 4.03. The summed E-state index contributed by atoms with van der Waals surface area (Å²) in [5.41, 5.74) is 10.2. The topological polar surface area (TPSA) is 66.2 Å². The van der Waals surface area contributed by atoms with Crippen LogP contribution in [0.1, 0.15) is 0 Å². The Kier molecular flexibility index (Phi) is 3.75. The highest BCUT2D eigenvalue weighted by Crippen LogP contribution is 2.31. The lowest BCUT2D eigenvalue weighted by Gasteiger charge is -2.30. The van der Waals surface area contributed by atoms with Crippen molar-refractivity contribution in [1.29, 1.82) is 0 Å². The predicted molar refractivity (Wildman–Crippen MR) is 86.6 cm³/mol. The summed E-state index contributed by atoms with van der Waals surface area (Å²) in [6.07, 6.45) is 0. The van der Waals surface area contributed by atoms with Gasteiger partial charge in [-0.25, -0.2) is 4.98 Å². The van der Waals surface area contributed by atoms with Crippen LogP contribution in [-0.2, 0) is 0 Å². The minimum Gasteiger partial charge on any atom is -0.397 e. The van der Waals surface area contributed by atoms with Crippen molar-refractivity contribution in [3.8, 4) is 11.3 Å². The van der Waals surface area contributed by atoms with Gasteiger partial charge in [0.2, 0.25) is 0 Å². The number of hydrogen-bond donors (Lipinski definition) is 3. The molecule has 3 rings (SSSR count). The first-order valence-corrected chi connectivity index (χ1v) is 7.65. The second-order valence-corrected chi connectivity index (χ2v) is 5.66. The van der Waals surface area contributed by atoms with E-state index in [0.717, 1.165) is 53.9 Å². The standard InChI is InChI=1S/C14H19N5S/c1-16-14-18-12(9-20-14)10-2-3-13(11(15)8-10)19-6-4-17-5-7-19/h2-3,8-9,17H,4-7,15H2,1H3,(H,16,18). The summed E-state index contributed by atoms with van der Waals surface area (Å²) >= 11 is 1.60. The number of nitrogens with one attached hydrogen (secondary N) is 2. The molecule has 6 heteroatoms. The van der Waals surface area contributed by atoms with E-state index in [4.69, 9.17) is 5.73 Å². The van der Waals surface area contributed by atoms with E-state index in [1.807, 2.05) is 18.5 Å². The van der Waals surface area contributed by atoms with Crippen molar-refractivity contribution in [2.75, 3.05) is 49.2 Å². The number of piperazine rings is 1. The first-order valence-electron chi connectivity index (χ1n) is 6.77. The molecule has 5 nitrogen and oxygen atoms in total. The predicted octanol–water partition coefficient (Wildman–Crippen LogP) is 1.84. The number of aromatic nitrogens is 1. The van der Waals surface area contributed by atoms with E-state index in [9.17, 15) is 0 Å². The molecule has 1 aliphatic heterocycles. The van der Waals surface area contributed by atoms with Crippen LogP contribution in [0, 0.1) is 0 Å². The molecule has 4 N–H and O–H groups in total. The third kappa shape index (κ3) is 2.57. The highest BCUT2D eigenvalue weighted by Gasteiger charge is 2.14. The summed E-state index contributed by atoms with van der Waals surface area (Å²) in [5, 5.41) is 9.38. The highest BCUT2D eigenvalue weighted by atomic mass is 32.1. The van der Waals surface area contributed by atoms with Gasteiger partial charge < -0.3 is 21.3 Å². The Morgan fingerprint density at radius 2 is 2.15 bits per heavy atom. The largest absolute Gasteiger partial charge is 0.397 e. The Hall–Kier alpha value is -1.79. The van der Waals surface area contributed by atoms with Crippen LogP contribution in [0.15, 0.2) is 23.6 Å². The zero-order chi connectivity index (χ0) is 13.9. The van der Waals surface area contributed by atoms with E-state index in [-0.39, 0.29) is 0 Å². The normalized spacial score (nSPS) is 15.3. The molecule has 0 radical (unpaired) electrons. The van der Waals surface area contributed by atoms with E-state index < -0.39 is 0 Å². The summed E-state index contributed by atoms with van der Waals surface area (Å²) in [7, 11) is 1.88. The van der Waals surface area contributed by atoms with Gasteiger partial charge in [0.15, 0.2) is 5.13 Å². The van der Waals surface area contributed by atoms with Crippen LogP contribution >= 0.6 is 11.3 Å². The van der Waals surface area contributed by atoms with Gasteiger partial charge >= 0.3 is 0 Å². The number of hydrogen-bond acceptors (Lipinski definition) is 6. The average molecular weight is 289 g/mol. The lowest BCUT2D eigenvalue weighted by molar-refractivity contribution is 0.590. The minimum atomic E-state index is 0.823. The molecule has 0 spiro atoms. The molecule has 1 fully saturated rings. The average Bonchev–Trinajstić information content (AvgIpc) is 2.97. The van der Waals surface area contributed by atoms with E-state index >= 15 is 0 Å². The molecule has 0 saturated carbocycles. The lowest BCUT2D eigenvalue weighted by atomic mass is 10.1. The molecule has 0 amide bonds. The zero-order valence-corrected chi connectivity index (χ0v) is 12.3. The van der Waals surface area contributed by atoms with E-state index in [1.165, 1.54) is 0 Å². The molecule has 2 aromatic rings. The van der Waals surface area contributed by atoms with Gasteiger partial charge in [0.25, 0.3) is 0 Å². The third-order valence-corrected chi connectivity index (χ3v) is 4.36. The van der Waals surface area contributed by atoms with Gasteiger partial charge in [-0.2, -0.15) is 0 Å². The fourth-order valence-corrected chi connectivity index (χ4v) is 3.11. The Bertz CT molecular complexity index is 589. The molecule has 2 heterocycles. The maximum Gasteiger partial charge on any atom is 0.182 e. The van der Waals surface area contributed by atoms with Crippen LogP contribution in [0.2, 0.25) is 0 Å². The van der Waals surface area contributed by atoms with Gasteiger partial charge in [0.1, 0.15) is 0 Å². The highest BCUT2D eigenvalue weighted by molar-refractivity contribution is 7.14. The van der Waals surface area contributed by atoms with Gasteiger partial charge in [-0.05, 0) is 12.1 Å². The van der Waals surface area contributed by atoms with E-state index in [0.29, 0.717) is 0 Å². The summed E-state index contributed by atoms with van der Waals surface area (Å²) in [6, 6.07) is 6.22. The number of thiazole rings is 1. The molecular weight excluding hydrogens is 270 g/mol. The molecule has 20 heavy (non-hydrogen) atoms. The maximum atomic E-state index is 6.23. The fraction of sp³-hybridized carbons (Fsp3) is 0.357. The molecule has 0 bridgehead atoms. The van der Waals surface area contributed by atoms with Crippen molar-refractivity contribution in [3.63, 3.8) is 0 Å². The van der Waals surface area contributed by atoms with Gasteiger partial charge in [0.05, 0.1) is 17.1 Å². The Morgan fingerprint density at radius 3 is 2.80 bits per heavy atom. The quantitative estimate of drug-likeness (QED) is 0.753. The van der Waals surface area contributed by atoms with Crippen molar-refractivity contribution in [3.05, 3.63) is 23.6 Å². The molecule has 1 aliphatic rings. The number of anilines is 3. The molecule has 0 aliphatic carbocycles. The molecule has 1 aromatic carbocycles. The number of benzene rings is 1. The van der Waals surface area contributed by atoms with Crippen molar-refractivity contribution in [1.82, 2.24) is 10.3 Å². The first kappa shape index (κ1) is 13.2. The van der Waals surface area contributed by atoms with Crippen molar-refractivity contribution >= 4 is 27.8 Å². The Morgan fingerprint density at radius 1 is 1.35 bits per heavy atom. The van der Waals surface area contributed by atoms with Crippen LogP contribution in [0.25, 0.3) is 11.3 Å². The second-order valence-electron chi connectivity index (χ2n) is 4.80. The van der Waals surface area contributed by atoms with Crippen LogP contribution in [0.5, 0.6) is 0 Å². The van der Waals surface area contributed by atoms with Gasteiger partial charge in [0, 0.05) is 44.2 Å². The number of nitrogen functional groups attached to an aromatic ring is 1. The van der Waals surface area contributed by atoms with E-state index in [1.54, 1.807) is 11.3 Å². The van der Waals surface area contributed by atoms with Crippen molar-refractivity contribution in [2.24, 2.45) is 0 Å². The van der Waals surface area contributed by atoms with Crippen LogP contribution in [0.4, 0.5) is 16.5 Å². The number of rotatable bonds is 3. The Labute approximate surface area is 122 Å². The smallest absolute Gasteiger partial charge is 0.182 e. The number of nitrogens with zero attached hydrogens (tertiary/aromatic N) is 2. The molecule has 1 aromatic heterocycles. The second kappa shape index (κ2) is 5.68. The molecule has 106 valence electrons. The van der Waals surface area contributed by atoms with Crippen molar-refractivity contribution < 1.29 is 0 Å². The fourth-order valence-electron chi connectivity index (χ4n) is 2.43.